The van der Waals surface area contributed by atoms with E-state index in [0.29, 0.717) is 52.7 Å². The largest absolute Gasteiger partial charge is 0.366 e. The van der Waals surface area contributed by atoms with E-state index in [-0.39, 0.29) is 11.0 Å². The second-order valence-corrected chi connectivity index (χ2v) is 9.72. The van der Waals surface area contributed by atoms with Gasteiger partial charge in [0, 0.05) is 28.5 Å². The summed E-state index contributed by atoms with van der Waals surface area (Å²) in [6, 6.07) is 6.73. The van der Waals surface area contributed by atoms with E-state index in [2.05, 4.69) is 9.97 Å². The van der Waals surface area contributed by atoms with Gasteiger partial charge in [-0.15, -0.1) is 0 Å². The van der Waals surface area contributed by atoms with E-state index in [4.69, 9.17) is 10.5 Å². The number of sulfone groups is 1. The summed E-state index contributed by atoms with van der Waals surface area (Å²) in [6.45, 7) is 0.990. The highest BCUT2D eigenvalue weighted by atomic mass is 32.2. The number of nitrogens with two attached hydrogens (primary N) is 1. The Hall–Kier alpha value is -2.92. The zero-order chi connectivity index (χ0) is 23.2. The molecule has 1 aliphatic carbocycles. The van der Waals surface area contributed by atoms with E-state index in [1.807, 2.05) is 0 Å². The summed E-state index contributed by atoms with van der Waals surface area (Å²) in [6.07, 6.45) is -0.952. The first-order valence-electron chi connectivity index (χ1n) is 9.99. The number of ether oxygens (including phenoxy) is 1. The predicted octanol–water partition coefficient (Wildman–Crippen LogP) is 2.89. The number of aromatic nitrogens is 3. The van der Waals surface area contributed by atoms with Crippen LogP contribution in [0.2, 0.25) is 0 Å². The number of hydrogen-bond acceptors (Lipinski definition) is 6. The van der Waals surface area contributed by atoms with E-state index in [9.17, 15) is 22.0 Å². The van der Waals surface area contributed by atoms with Crippen molar-refractivity contribution < 1.29 is 26.7 Å². The van der Waals surface area contributed by atoms with Crippen LogP contribution in [0.25, 0.3) is 16.9 Å². The monoisotopic (exact) mass is 464 g/mol. The van der Waals surface area contributed by atoms with Crippen LogP contribution in [0.4, 0.5) is 8.78 Å². The molecule has 1 amide bonds. The van der Waals surface area contributed by atoms with E-state index in [0.717, 1.165) is 6.26 Å². The van der Waals surface area contributed by atoms with Crippen molar-refractivity contribution in [2.24, 2.45) is 5.73 Å². The minimum absolute atomic E-state index is 0.0610. The summed E-state index contributed by atoms with van der Waals surface area (Å²) in [5.41, 5.74) is 7.71. The predicted molar refractivity (Wildman–Crippen MR) is 113 cm³/mol. The number of rotatable bonds is 6. The molecule has 1 aromatic carbocycles. The molecular weight excluding hydrogens is 442 g/mol. The number of aryl methyl sites for hydroxylation is 1. The van der Waals surface area contributed by atoms with Gasteiger partial charge in [0.2, 0.25) is 11.9 Å². The lowest BCUT2D eigenvalue weighted by Crippen LogP contribution is -2.23. The second-order valence-electron chi connectivity index (χ2n) is 7.79. The summed E-state index contributed by atoms with van der Waals surface area (Å²) in [7, 11) is -3.74. The third kappa shape index (κ3) is 3.97. The number of benzene rings is 1. The van der Waals surface area contributed by atoms with Crippen molar-refractivity contribution >= 4 is 26.6 Å². The van der Waals surface area contributed by atoms with E-state index < -0.39 is 34.9 Å². The average molecular weight is 464 g/mol. The molecule has 0 radical (unpaired) electrons. The maximum Gasteiger partial charge on any atom is 0.261 e. The zero-order valence-corrected chi connectivity index (χ0v) is 18.3. The number of halogens is 2. The van der Waals surface area contributed by atoms with E-state index in [1.165, 1.54) is 0 Å². The molecular formula is C21H22F2N4O4S. The molecule has 0 saturated heterocycles. The number of primary amides is 1. The molecule has 3 aromatic rings. The third-order valence-electron chi connectivity index (χ3n) is 5.46. The third-order valence-corrected chi connectivity index (χ3v) is 6.50. The van der Waals surface area contributed by atoms with Crippen LogP contribution < -0.4 is 5.73 Å². The fraction of sp³-hybridized carbons (Fsp3) is 0.381. The van der Waals surface area contributed by atoms with Crippen LogP contribution in [-0.4, -0.2) is 48.1 Å². The van der Waals surface area contributed by atoms with Gasteiger partial charge in [-0.2, -0.15) is 0 Å². The highest BCUT2D eigenvalue weighted by Gasteiger charge is 2.31. The summed E-state index contributed by atoms with van der Waals surface area (Å²) < 4.78 is 57.7. The summed E-state index contributed by atoms with van der Waals surface area (Å²) in [4.78, 5) is 20.8. The minimum atomic E-state index is -3.74. The van der Waals surface area contributed by atoms with Crippen LogP contribution in [0.1, 0.15) is 46.3 Å². The smallest absolute Gasteiger partial charge is 0.261 e. The Bertz CT molecular complexity index is 1320. The number of carbonyl (C=O) groups is 1. The fourth-order valence-electron chi connectivity index (χ4n) is 4.17. The molecule has 170 valence electrons. The van der Waals surface area contributed by atoms with Crippen LogP contribution in [-0.2, 0) is 21.0 Å². The summed E-state index contributed by atoms with van der Waals surface area (Å²) in [5.74, 6) is -0.540. The molecule has 11 heteroatoms. The Labute approximate surface area is 183 Å². The van der Waals surface area contributed by atoms with E-state index in [1.54, 1.807) is 35.8 Å². The quantitative estimate of drug-likeness (QED) is 0.561. The molecule has 0 fully saturated rings. The molecule has 0 aliphatic heterocycles. The van der Waals surface area contributed by atoms with Crippen LogP contribution in [0, 0.1) is 6.92 Å². The molecule has 1 unspecified atom stereocenters. The van der Waals surface area contributed by atoms with Crippen molar-refractivity contribution in [2.75, 3.05) is 12.9 Å². The van der Waals surface area contributed by atoms with Crippen molar-refractivity contribution in [3.63, 3.8) is 0 Å². The highest BCUT2D eigenvalue weighted by Crippen LogP contribution is 2.36. The molecule has 1 aliphatic rings. The van der Waals surface area contributed by atoms with Crippen LogP contribution >= 0.6 is 0 Å². The van der Waals surface area contributed by atoms with Crippen molar-refractivity contribution in [3.05, 3.63) is 46.8 Å². The molecule has 0 spiro atoms. The van der Waals surface area contributed by atoms with Gasteiger partial charge in [-0.1, -0.05) is 6.07 Å². The van der Waals surface area contributed by atoms with Crippen LogP contribution in [0.5, 0.6) is 0 Å². The molecule has 2 heterocycles. The average Bonchev–Trinajstić information content (AvgIpc) is 3.06. The molecule has 1 atom stereocenters. The maximum atomic E-state index is 12.8. The number of nitrogens with zero attached hydrogens (tertiary/aromatic N) is 3. The normalized spacial score (nSPS) is 16.5. The lowest BCUT2D eigenvalue weighted by Gasteiger charge is -2.26. The molecule has 2 aromatic heterocycles. The Kier molecular flexibility index (Phi) is 5.72. The van der Waals surface area contributed by atoms with Crippen molar-refractivity contribution in [3.8, 4) is 5.95 Å². The Morgan fingerprint density at radius 3 is 2.75 bits per heavy atom. The molecule has 2 N–H and O–H groups in total. The van der Waals surface area contributed by atoms with Gasteiger partial charge in [-0.05, 0) is 44.4 Å². The SMILES string of the molecule is Cc1cc2c(C(N)=O)cccc2n1-c1nc2c(c(S(C)(=O)=O)n1)CCCC2OCC(F)F. The topological polar surface area (TPSA) is 117 Å². The number of amides is 1. The van der Waals surface area contributed by atoms with Gasteiger partial charge in [0.1, 0.15) is 12.7 Å². The van der Waals surface area contributed by atoms with Gasteiger partial charge in [-0.25, -0.2) is 27.2 Å². The Morgan fingerprint density at radius 1 is 1.34 bits per heavy atom. The molecule has 0 bridgehead atoms. The molecule has 4 rings (SSSR count). The van der Waals surface area contributed by atoms with Gasteiger partial charge < -0.3 is 10.5 Å². The first kappa shape index (κ1) is 22.3. The lowest BCUT2D eigenvalue weighted by molar-refractivity contribution is -0.0332. The zero-order valence-electron chi connectivity index (χ0n) is 17.5. The van der Waals surface area contributed by atoms with Crippen LogP contribution in [0.15, 0.2) is 29.3 Å². The van der Waals surface area contributed by atoms with Crippen LogP contribution in [0.3, 0.4) is 0 Å². The number of alkyl halides is 2. The van der Waals surface area contributed by atoms with Gasteiger partial charge in [0.05, 0.1) is 11.2 Å². The lowest BCUT2D eigenvalue weighted by atomic mass is 9.95. The Morgan fingerprint density at radius 2 is 2.09 bits per heavy atom. The van der Waals surface area contributed by atoms with Gasteiger partial charge >= 0.3 is 0 Å². The van der Waals surface area contributed by atoms with Crippen molar-refractivity contribution in [1.82, 2.24) is 14.5 Å². The minimum Gasteiger partial charge on any atom is -0.366 e. The molecule has 8 nitrogen and oxygen atoms in total. The Balaban J connectivity index is 1.97. The second kappa shape index (κ2) is 8.21. The number of fused-ring (bicyclic) bond motifs is 2. The fourth-order valence-corrected chi connectivity index (χ4v) is 5.07. The highest BCUT2D eigenvalue weighted by molar-refractivity contribution is 7.90. The van der Waals surface area contributed by atoms with Crippen molar-refractivity contribution in [2.45, 2.75) is 43.7 Å². The first-order valence-corrected chi connectivity index (χ1v) is 11.9. The first-order chi connectivity index (χ1) is 15.1. The summed E-state index contributed by atoms with van der Waals surface area (Å²) in [5, 5.41) is 0.431. The maximum absolute atomic E-state index is 12.8. The van der Waals surface area contributed by atoms with Gasteiger partial charge in [0.15, 0.2) is 14.9 Å². The van der Waals surface area contributed by atoms with Gasteiger partial charge in [0.25, 0.3) is 6.43 Å². The standard InChI is InChI=1S/C21H22F2N4O4S/c1-11-9-14-12(19(24)28)5-3-7-15(14)27(11)21-25-18-13(20(26-21)32(2,29)30)6-4-8-16(18)31-10-17(22)23/h3,5,7,9,16-17H,4,6,8,10H2,1-2H3,(H2,24,28). The van der Waals surface area contributed by atoms with Crippen molar-refractivity contribution in [1.29, 1.82) is 0 Å². The number of carbonyl (C=O) groups excluding carboxylic acids is 1. The number of hydrogen-bond donors (Lipinski definition) is 1. The molecule has 0 saturated carbocycles. The molecule has 32 heavy (non-hydrogen) atoms. The summed E-state index contributed by atoms with van der Waals surface area (Å²) >= 11 is 0. The van der Waals surface area contributed by atoms with Gasteiger partial charge in [-0.3, -0.25) is 9.36 Å². The van der Waals surface area contributed by atoms with E-state index >= 15 is 0 Å².